The lowest BCUT2D eigenvalue weighted by Gasteiger charge is -2.37. The summed E-state index contributed by atoms with van der Waals surface area (Å²) in [7, 11) is 1.43. The zero-order valence-electron chi connectivity index (χ0n) is 20.5. The quantitative estimate of drug-likeness (QED) is 0.363. The Balaban J connectivity index is 1.64. The van der Waals surface area contributed by atoms with E-state index < -0.39 is 23.5 Å². The van der Waals surface area contributed by atoms with Crippen LogP contribution in [0.4, 0.5) is 10.3 Å². The molecule has 13 heteroatoms. The van der Waals surface area contributed by atoms with E-state index in [0.29, 0.717) is 35.0 Å². The SMILES string of the molecule is CCN(OC)C(=O)C1(C)COC(c2nc(-c3ccc(F)cc3)c(-c3ccnc(NCC(=O)O)n3)[nH]2)OC1. The second kappa shape index (κ2) is 11.0. The Morgan fingerprint density at radius 2 is 1.95 bits per heavy atom. The van der Waals surface area contributed by atoms with E-state index in [2.05, 4.69) is 25.3 Å². The van der Waals surface area contributed by atoms with Crippen molar-refractivity contribution in [1.29, 1.82) is 0 Å². The number of nitrogens with one attached hydrogen (secondary N) is 2. The third-order valence-corrected chi connectivity index (χ3v) is 5.73. The number of carboxylic acids is 1. The summed E-state index contributed by atoms with van der Waals surface area (Å²) in [5.74, 6) is -1.29. The number of imidazole rings is 1. The number of benzene rings is 1. The van der Waals surface area contributed by atoms with Crippen LogP contribution in [0.15, 0.2) is 36.5 Å². The molecular weight excluding hydrogens is 487 g/mol. The minimum atomic E-state index is -1.06. The van der Waals surface area contributed by atoms with Crippen molar-refractivity contribution in [1.82, 2.24) is 25.0 Å². The van der Waals surface area contributed by atoms with Gasteiger partial charge >= 0.3 is 5.97 Å². The van der Waals surface area contributed by atoms with Gasteiger partial charge in [-0.15, -0.1) is 0 Å². The van der Waals surface area contributed by atoms with Gasteiger partial charge in [-0.05, 0) is 44.2 Å². The van der Waals surface area contributed by atoms with Crippen molar-refractivity contribution in [3.8, 4) is 22.6 Å². The summed E-state index contributed by atoms with van der Waals surface area (Å²) in [5, 5.41) is 12.8. The van der Waals surface area contributed by atoms with Gasteiger partial charge in [-0.3, -0.25) is 14.4 Å². The number of ether oxygens (including phenoxy) is 2. The average molecular weight is 515 g/mol. The summed E-state index contributed by atoms with van der Waals surface area (Å²) in [5.41, 5.74) is 0.985. The maximum Gasteiger partial charge on any atom is 0.322 e. The first kappa shape index (κ1) is 26.1. The molecule has 1 aliphatic rings. The molecule has 1 amide bonds. The van der Waals surface area contributed by atoms with Crippen LogP contribution < -0.4 is 5.32 Å². The highest BCUT2D eigenvalue weighted by Gasteiger charge is 2.43. The Labute approximate surface area is 211 Å². The van der Waals surface area contributed by atoms with Crippen LogP contribution in [0.3, 0.4) is 0 Å². The number of aromatic nitrogens is 4. The van der Waals surface area contributed by atoms with Gasteiger partial charge in [-0.2, -0.15) is 0 Å². The number of rotatable bonds is 9. The van der Waals surface area contributed by atoms with Crippen LogP contribution in [0.1, 0.15) is 26.0 Å². The fourth-order valence-corrected chi connectivity index (χ4v) is 3.79. The van der Waals surface area contributed by atoms with Crippen molar-refractivity contribution in [2.24, 2.45) is 5.41 Å². The summed E-state index contributed by atoms with van der Waals surface area (Å²) in [6.45, 7) is 3.68. The molecule has 3 N–H and O–H groups in total. The molecule has 4 rings (SSSR count). The first-order valence-corrected chi connectivity index (χ1v) is 11.5. The molecule has 0 saturated carbocycles. The van der Waals surface area contributed by atoms with Crippen LogP contribution in [0, 0.1) is 11.2 Å². The van der Waals surface area contributed by atoms with Gasteiger partial charge in [0.05, 0.1) is 42.8 Å². The highest BCUT2D eigenvalue weighted by atomic mass is 19.1. The van der Waals surface area contributed by atoms with Crippen molar-refractivity contribution < 1.29 is 33.4 Å². The first-order valence-electron chi connectivity index (χ1n) is 11.5. The molecule has 196 valence electrons. The molecule has 0 aliphatic carbocycles. The van der Waals surface area contributed by atoms with E-state index in [1.807, 2.05) is 0 Å². The monoisotopic (exact) mass is 514 g/mol. The van der Waals surface area contributed by atoms with E-state index in [9.17, 15) is 14.0 Å². The lowest BCUT2D eigenvalue weighted by molar-refractivity contribution is -0.246. The number of hydrogen-bond acceptors (Lipinski definition) is 9. The number of carbonyl (C=O) groups is 2. The number of aliphatic carboxylic acids is 1. The van der Waals surface area contributed by atoms with Crippen LogP contribution in [0.5, 0.6) is 0 Å². The maximum atomic E-state index is 13.6. The summed E-state index contributed by atoms with van der Waals surface area (Å²) in [6.07, 6.45) is 0.569. The van der Waals surface area contributed by atoms with E-state index in [4.69, 9.17) is 19.4 Å². The minimum Gasteiger partial charge on any atom is -0.480 e. The Morgan fingerprint density at radius 3 is 2.57 bits per heavy atom. The molecule has 0 spiro atoms. The summed E-state index contributed by atoms with van der Waals surface area (Å²) < 4.78 is 25.4. The predicted molar refractivity (Wildman–Crippen MR) is 128 cm³/mol. The summed E-state index contributed by atoms with van der Waals surface area (Å²) in [4.78, 5) is 45.1. The fraction of sp³-hybridized carbons (Fsp3) is 0.375. The zero-order chi connectivity index (χ0) is 26.6. The second-order valence-corrected chi connectivity index (χ2v) is 8.56. The lowest BCUT2D eigenvalue weighted by atomic mass is 9.90. The molecule has 1 aromatic carbocycles. The Morgan fingerprint density at radius 1 is 1.24 bits per heavy atom. The van der Waals surface area contributed by atoms with Crippen LogP contribution in [0.2, 0.25) is 0 Å². The number of nitrogens with zero attached hydrogens (tertiary/aromatic N) is 4. The summed E-state index contributed by atoms with van der Waals surface area (Å²) >= 11 is 0. The molecule has 3 aromatic rings. The van der Waals surface area contributed by atoms with Crippen LogP contribution >= 0.6 is 0 Å². The standard InChI is InChI=1S/C24H27FN6O6/c1-4-31(35-3)22(34)24(2)12-36-21(37-13-24)20-29-18(14-5-7-15(25)8-6-14)19(30-20)16-9-10-26-23(28-16)27-11-17(32)33/h5-10,21H,4,11-13H2,1-3H3,(H,29,30)(H,32,33)(H,26,27,28). The predicted octanol–water partition coefficient (Wildman–Crippen LogP) is 2.63. The number of hydroxylamine groups is 2. The van der Waals surface area contributed by atoms with Crippen LogP contribution in [-0.4, -0.2) is 75.4 Å². The van der Waals surface area contributed by atoms with E-state index in [1.54, 1.807) is 32.0 Å². The Kier molecular flexibility index (Phi) is 7.76. The number of halogens is 1. The van der Waals surface area contributed by atoms with Crippen molar-refractivity contribution in [2.45, 2.75) is 20.1 Å². The zero-order valence-corrected chi connectivity index (χ0v) is 20.5. The lowest BCUT2D eigenvalue weighted by Crippen LogP contribution is -2.49. The highest BCUT2D eigenvalue weighted by molar-refractivity contribution is 5.82. The van der Waals surface area contributed by atoms with Gasteiger partial charge in [0.25, 0.3) is 5.91 Å². The molecular formula is C24H27FN6O6. The topological polar surface area (TPSA) is 152 Å². The molecule has 1 fully saturated rings. The van der Waals surface area contributed by atoms with E-state index in [1.165, 1.54) is 30.5 Å². The number of anilines is 1. The number of H-pyrrole nitrogens is 1. The summed E-state index contributed by atoms with van der Waals surface area (Å²) in [6, 6.07) is 7.40. The molecule has 2 aromatic heterocycles. The third-order valence-electron chi connectivity index (χ3n) is 5.73. The van der Waals surface area contributed by atoms with Gasteiger partial charge in [0.15, 0.2) is 5.82 Å². The van der Waals surface area contributed by atoms with Gasteiger partial charge in [0.1, 0.15) is 12.4 Å². The number of aromatic amines is 1. The first-order chi connectivity index (χ1) is 17.7. The molecule has 0 atom stereocenters. The molecule has 0 unspecified atom stereocenters. The molecule has 1 saturated heterocycles. The minimum absolute atomic E-state index is 0.0645. The largest absolute Gasteiger partial charge is 0.480 e. The molecule has 0 radical (unpaired) electrons. The number of carbonyl (C=O) groups excluding carboxylic acids is 1. The normalized spacial score (nSPS) is 19.4. The smallest absolute Gasteiger partial charge is 0.322 e. The molecule has 0 bridgehead atoms. The van der Waals surface area contributed by atoms with Crippen molar-refractivity contribution in [3.05, 3.63) is 48.2 Å². The molecule has 37 heavy (non-hydrogen) atoms. The molecule has 1 aliphatic heterocycles. The van der Waals surface area contributed by atoms with Gasteiger partial charge in [0, 0.05) is 18.3 Å². The highest BCUT2D eigenvalue weighted by Crippen LogP contribution is 2.36. The van der Waals surface area contributed by atoms with E-state index >= 15 is 0 Å². The number of hydrogen-bond donors (Lipinski definition) is 3. The van der Waals surface area contributed by atoms with Crippen molar-refractivity contribution in [3.63, 3.8) is 0 Å². The fourth-order valence-electron chi connectivity index (χ4n) is 3.79. The van der Waals surface area contributed by atoms with Crippen LogP contribution in [-0.2, 0) is 23.9 Å². The van der Waals surface area contributed by atoms with Gasteiger partial charge in [-0.25, -0.2) is 24.4 Å². The number of carboxylic acid groups (broad SMARTS) is 1. The van der Waals surface area contributed by atoms with Crippen molar-refractivity contribution in [2.75, 3.05) is 38.7 Å². The molecule has 12 nitrogen and oxygen atoms in total. The second-order valence-electron chi connectivity index (χ2n) is 8.56. The average Bonchev–Trinajstić information content (AvgIpc) is 3.34. The van der Waals surface area contributed by atoms with Crippen molar-refractivity contribution >= 4 is 17.8 Å². The Hall–Kier alpha value is -3.94. The van der Waals surface area contributed by atoms with E-state index in [0.717, 1.165) is 0 Å². The van der Waals surface area contributed by atoms with E-state index in [-0.39, 0.29) is 31.6 Å². The number of amides is 1. The third kappa shape index (κ3) is 5.74. The maximum absolute atomic E-state index is 13.6. The van der Waals surface area contributed by atoms with Gasteiger partial charge in [0.2, 0.25) is 12.2 Å². The Bertz CT molecular complexity index is 1250. The molecule has 3 heterocycles. The van der Waals surface area contributed by atoms with Crippen LogP contribution in [0.25, 0.3) is 22.6 Å². The van der Waals surface area contributed by atoms with Gasteiger partial charge < -0.3 is 24.9 Å². The van der Waals surface area contributed by atoms with Gasteiger partial charge in [-0.1, -0.05) is 0 Å².